The zero-order chi connectivity index (χ0) is 9.31. The molecular formula is C10H20N2O. The Morgan fingerprint density at radius 3 is 2.77 bits per heavy atom. The quantitative estimate of drug-likeness (QED) is 0.697. The van der Waals surface area contributed by atoms with E-state index in [0.717, 1.165) is 32.2 Å². The lowest BCUT2D eigenvalue weighted by molar-refractivity contribution is -0.0375. The van der Waals surface area contributed by atoms with E-state index < -0.39 is 0 Å². The van der Waals surface area contributed by atoms with Gasteiger partial charge in [-0.2, -0.15) is 0 Å². The van der Waals surface area contributed by atoms with Crippen LogP contribution in [0.1, 0.15) is 25.7 Å². The second-order valence-corrected chi connectivity index (χ2v) is 4.43. The van der Waals surface area contributed by atoms with Gasteiger partial charge in [0.15, 0.2) is 0 Å². The summed E-state index contributed by atoms with van der Waals surface area (Å²) in [5.74, 6) is 0. The van der Waals surface area contributed by atoms with Crippen molar-refractivity contribution < 1.29 is 4.74 Å². The van der Waals surface area contributed by atoms with Crippen molar-refractivity contribution in [2.45, 2.75) is 37.3 Å². The molecule has 0 bridgehead atoms. The number of rotatable bonds is 3. The van der Waals surface area contributed by atoms with Crippen molar-refractivity contribution in [3.05, 3.63) is 0 Å². The Hall–Kier alpha value is -0.120. The van der Waals surface area contributed by atoms with E-state index in [4.69, 9.17) is 10.5 Å². The van der Waals surface area contributed by atoms with E-state index in [0.29, 0.717) is 0 Å². The van der Waals surface area contributed by atoms with Gasteiger partial charge < -0.3 is 10.5 Å². The predicted molar refractivity (Wildman–Crippen MR) is 52.6 cm³/mol. The third-order valence-electron chi connectivity index (χ3n) is 3.52. The lowest BCUT2D eigenvalue weighted by Gasteiger charge is -2.43. The van der Waals surface area contributed by atoms with Gasteiger partial charge in [-0.15, -0.1) is 0 Å². The van der Waals surface area contributed by atoms with Crippen LogP contribution in [0.2, 0.25) is 0 Å². The highest BCUT2D eigenvalue weighted by Crippen LogP contribution is 2.34. The predicted octanol–water partition coefficient (Wildman–Crippen LogP) is 0.588. The monoisotopic (exact) mass is 184 g/mol. The Balaban J connectivity index is 2.02. The summed E-state index contributed by atoms with van der Waals surface area (Å²) in [6, 6.07) is 0.783. The van der Waals surface area contributed by atoms with Crippen LogP contribution in [0.4, 0.5) is 0 Å². The summed E-state index contributed by atoms with van der Waals surface area (Å²) in [7, 11) is 2.21. The smallest absolute Gasteiger partial charge is 0.0662 e. The van der Waals surface area contributed by atoms with Gasteiger partial charge in [0.2, 0.25) is 0 Å². The first kappa shape index (κ1) is 9.44. The van der Waals surface area contributed by atoms with Crippen LogP contribution in [0.25, 0.3) is 0 Å². The molecule has 1 saturated heterocycles. The van der Waals surface area contributed by atoms with Gasteiger partial charge in [0.1, 0.15) is 0 Å². The fourth-order valence-corrected chi connectivity index (χ4v) is 2.27. The highest BCUT2D eigenvalue weighted by atomic mass is 16.5. The van der Waals surface area contributed by atoms with E-state index in [1.165, 1.54) is 19.3 Å². The molecule has 1 heterocycles. The maximum absolute atomic E-state index is 5.88. The Morgan fingerprint density at radius 2 is 2.31 bits per heavy atom. The van der Waals surface area contributed by atoms with E-state index in [2.05, 4.69) is 11.9 Å². The summed E-state index contributed by atoms with van der Waals surface area (Å²) in [4.78, 5) is 2.46. The second kappa shape index (κ2) is 3.56. The van der Waals surface area contributed by atoms with Crippen LogP contribution in [0, 0.1) is 0 Å². The topological polar surface area (TPSA) is 38.5 Å². The van der Waals surface area contributed by atoms with E-state index in [9.17, 15) is 0 Å². The largest absolute Gasteiger partial charge is 0.379 e. The van der Waals surface area contributed by atoms with E-state index in [1.807, 2.05) is 0 Å². The first-order valence-corrected chi connectivity index (χ1v) is 5.29. The molecule has 13 heavy (non-hydrogen) atoms. The molecule has 0 radical (unpaired) electrons. The zero-order valence-corrected chi connectivity index (χ0v) is 8.46. The molecule has 2 rings (SSSR count). The van der Waals surface area contributed by atoms with Crippen LogP contribution in [-0.4, -0.2) is 43.3 Å². The maximum atomic E-state index is 5.88. The van der Waals surface area contributed by atoms with Gasteiger partial charge >= 0.3 is 0 Å². The molecule has 2 fully saturated rings. The van der Waals surface area contributed by atoms with Crippen LogP contribution in [0.3, 0.4) is 0 Å². The average molecular weight is 184 g/mol. The van der Waals surface area contributed by atoms with Crippen LogP contribution in [0.15, 0.2) is 0 Å². The van der Waals surface area contributed by atoms with Gasteiger partial charge in [0.25, 0.3) is 0 Å². The van der Waals surface area contributed by atoms with Gasteiger partial charge in [-0.25, -0.2) is 0 Å². The van der Waals surface area contributed by atoms with Gasteiger partial charge in [0.05, 0.1) is 12.1 Å². The minimum Gasteiger partial charge on any atom is -0.379 e. The highest BCUT2D eigenvalue weighted by Gasteiger charge is 2.42. The van der Waals surface area contributed by atoms with Crippen molar-refractivity contribution in [2.75, 3.05) is 26.8 Å². The van der Waals surface area contributed by atoms with Crippen LogP contribution < -0.4 is 5.73 Å². The fourth-order valence-electron chi connectivity index (χ4n) is 2.27. The van der Waals surface area contributed by atoms with Gasteiger partial charge in [0, 0.05) is 19.2 Å². The third-order valence-corrected chi connectivity index (χ3v) is 3.52. The zero-order valence-electron chi connectivity index (χ0n) is 8.46. The summed E-state index contributed by atoms with van der Waals surface area (Å²) in [5, 5.41) is 0. The van der Waals surface area contributed by atoms with Crippen LogP contribution >= 0.6 is 0 Å². The molecule has 1 aliphatic carbocycles. The first-order chi connectivity index (χ1) is 6.28. The minimum absolute atomic E-state index is 0.152. The molecule has 0 aromatic heterocycles. The Morgan fingerprint density at radius 1 is 1.54 bits per heavy atom. The molecule has 1 unspecified atom stereocenters. The molecule has 1 aliphatic heterocycles. The average Bonchev–Trinajstić information content (AvgIpc) is 3.01. The number of ether oxygens (including phenoxy) is 1. The van der Waals surface area contributed by atoms with Crippen LogP contribution in [0.5, 0.6) is 0 Å². The summed E-state index contributed by atoms with van der Waals surface area (Å²) < 4.78 is 5.55. The molecule has 0 aromatic carbocycles. The molecule has 0 aromatic rings. The van der Waals surface area contributed by atoms with Crippen molar-refractivity contribution in [2.24, 2.45) is 5.73 Å². The van der Waals surface area contributed by atoms with Gasteiger partial charge in [-0.1, -0.05) is 0 Å². The van der Waals surface area contributed by atoms with Crippen molar-refractivity contribution >= 4 is 0 Å². The normalized spacial score (nSPS) is 35.3. The summed E-state index contributed by atoms with van der Waals surface area (Å²) in [5.41, 5.74) is 6.04. The molecule has 2 aliphatic rings. The SMILES string of the molecule is CN(C1CC1)C1(CN)CCCOC1. The third kappa shape index (κ3) is 1.73. The van der Waals surface area contributed by atoms with Gasteiger partial charge in [-0.3, -0.25) is 4.90 Å². The molecule has 1 atom stereocenters. The minimum atomic E-state index is 0.152. The summed E-state index contributed by atoms with van der Waals surface area (Å²) in [6.07, 6.45) is 5.06. The van der Waals surface area contributed by atoms with E-state index in [1.54, 1.807) is 0 Å². The maximum Gasteiger partial charge on any atom is 0.0662 e. The molecule has 0 amide bonds. The first-order valence-electron chi connectivity index (χ1n) is 5.29. The van der Waals surface area contributed by atoms with E-state index >= 15 is 0 Å². The van der Waals surface area contributed by atoms with Crippen molar-refractivity contribution in [1.29, 1.82) is 0 Å². The molecule has 1 saturated carbocycles. The van der Waals surface area contributed by atoms with Crippen molar-refractivity contribution in [3.63, 3.8) is 0 Å². The molecule has 3 nitrogen and oxygen atoms in total. The summed E-state index contributed by atoms with van der Waals surface area (Å²) in [6.45, 7) is 2.48. The van der Waals surface area contributed by atoms with Crippen molar-refractivity contribution in [1.82, 2.24) is 4.90 Å². The van der Waals surface area contributed by atoms with Crippen molar-refractivity contribution in [3.8, 4) is 0 Å². The number of nitrogens with two attached hydrogens (primary N) is 1. The highest BCUT2D eigenvalue weighted by molar-refractivity contribution is 4.98. The molecule has 3 heteroatoms. The lowest BCUT2D eigenvalue weighted by atomic mass is 9.90. The van der Waals surface area contributed by atoms with Gasteiger partial charge in [-0.05, 0) is 32.7 Å². The Kier molecular flexibility index (Phi) is 2.58. The summed E-state index contributed by atoms with van der Waals surface area (Å²) >= 11 is 0. The molecule has 2 N–H and O–H groups in total. The Labute approximate surface area is 80.2 Å². The number of likely N-dealkylation sites (N-methyl/N-ethyl adjacent to an activating group) is 1. The van der Waals surface area contributed by atoms with E-state index in [-0.39, 0.29) is 5.54 Å². The van der Waals surface area contributed by atoms with Crippen LogP contribution in [-0.2, 0) is 4.74 Å². The Bertz CT molecular complexity index is 174. The lowest BCUT2D eigenvalue weighted by Crippen LogP contribution is -2.58. The number of nitrogens with zero attached hydrogens (tertiary/aromatic N) is 1. The number of hydrogen-bond acceptors (Lipinski definition) is 3. The molecular weight excluding hydrogens is 164 g/mol. The molecule has 0 spiro atoms. The standard InChI is InChI=1S/C10H20N2O/c1-12(9-3-4-9)10(7-11)5-2-6-13-8-10/h9H,2-8,11H2,1H3. The fraction of sp³-hybridized carbons (Fsp3) is 1.00. The molecule has 76 valence electrons. The number of hydrogen-bond donors (Lipinski definition) is 1. The second-order valence-electron chi connectivity index (χ2n) is 4.43.